The zero-order valence-corrected chi connectivity index (χ0v) is 12.4. The molecule has 0 N–H and O–H groups in total. The minimum absolute atomic E-state index is 0.0110. The Balaban J connectivity index is 1.78. The maximum Gasteiger partial charge on any atom is 0.308 e. The molecule has 0 saturated heterocycles. The van der Waals surface area contributed by atoms with Crippen LogP contribution in [0.3, 0.4) is 0 Å². The molecule has 0 aliphatic carbocycles. The fourth-order valence-electron chi connectivity index (χ4n) is 2.82. The first-order valence-corrected chi connectivity index (χ1v) is 7.26. The number of anilines is 2. The largest absolute Gasteiger partial charge is 0.423 e. The Morgan fingerprint density at radius 2 is 2.13 bits per heavy atom. The molecule has 2 heterocycles. The Hall–Kier alpha value is -2.89. The molecule has 0 spiro atoms. The van der Waals surface area contributed by atoms with Gasteiger partial charge in [-0.15, -0.1) is 0 Å². The summed E-state index contributed by atoms with van der Waals surface area (Å²) in [6.07, 6.45) is 0.885. The molecule has 0 radical (unpaired) electrons. The molecule has 6 heteroatoms. The van der Waals surface area contributed by atoms with Gasteiger partial charge >= 0.3 is 12.0 Å². The number of benzene rings is 2. The Morgan fingerprint density at radius 3 is 2.96 bits per heavy atom. The number of nitrogens with zero attached hydrogens (tertiary/aromatic N) is 2. The first-order valence-electron chi connectivity index (χ1n) is 7.26. The van der Waals surface area contributed by atoms with Crippen molar-refractivity contribution >= 4 is 28.8 Å². The third kappa shape index (κ3) is 2.23. The molecule has 0 saturated carbocycles. The van der Waals surface area contributed by atoms with E-state index in [9.17, 15) is 9.18 Å². The number of ether oxygens (including phenoxy) is 1. The van der Waals surface area contributed by atoms with Crippen LogP contribution in [0.2, 0.25) is 0 Å². The zero-order valence-electron chi connectivity index (χ0n) is 12.4. The molecule has 0 fully saturated rings. The summed E-state index contributed by atoms with van der Waals surface area (Å²) in [4.78, 5) is 17.3. The lowest BCUT2D eigenvalue weighted by molar-refractivity contribution is -0.132. The average molecular weight is 312 g/mol. The van der Waals surface area contributed by atoms with Gasteiger partial charge < -0.3 is 9.15 Å². The first-order chi connectivity index (χ1) is 11.1. The van der Waals surface area contributed by atoms with Crippen molar-refractivity contribution in [3.63, 3.8) is 0 Å². The minimum atomic E-state index is -0.719. The topological polar surface area (TPSA) is 55.6 Å². The summed E-state index contributed by atoms with van der Waals surface area (Å²) in [7, 11) is 0. The van der Waals surface area contributed by atoms with Gasteiger partial charge in [-0.25, -0.2) is 0 Å². The molecule has 0 bridgehead atoms. The summed E-state index contributed by atoms with van der Waals surface area (Å²) in [5.74, 6) is -1.46. The van der Waals surface area contributed by atoms with Gasteiger partial charge in [0.1, 0.15) is 5.52 Å². The van der Waals surface area contributed by atoms with E-state index >= 15 is 0 Å². The third-order valence-corrected chi connectivity index (χ3v) is 3.82. The number of fused-ring (bicyclic) bond motifs is 2. The molecule has 5 nitrogen and oxygen atoms in total. The molecule has 3 aromatic rings. The van der Waals surface area contributed by atoms with Crippen LogP contribution in [-0.4, -0.2) is 17.5 Å². The molecule has 0 amide bonds. The maximum absolute atomic E-state index is 14.4. The Morgan fingerprint density at radius 1 is 1.30 bits per heavy atom. The standard InChI is InChI=1S/C17H13FN2O3/c1-10(21)22-14-7-6-12-16(15(14)18)23-17(19-12)20-9-8-11-4-2-3-5-13(11)20/h2-7H,8-9H2,1H3. The summed E-state index contributed by atoms with van der Waals surface area (Å²) in [5.41, 5.74) is 2.59. The molecule has 4 rings (SSSR count). The van der Waals surface area contributed by atoms with E-state index in [4.69, 9.17) is 9.15 Å². The molecule has 1 aromatic heterocycles. The number of carbonyl (C=O) groups excluding carboxylic acids is 1. The lowest BCUT2D eigenvalue weighted by atomic mass is 10.2. The number of hydrogen-bond donors (Lipinski definition) is 0. The van der Waals surface area contributed by atoms with E-state index in [-0.39, 0.29) is 11.3 Å². The Kier molecular flexibility index (Phi) is 3.04. The SMILES string of the molecule is CC(=O)Oc1ccc2nc(N3CCc4ccccc43)oc2c1F. The number of rotatable bonds is 2. The molecule has 116 valence electrons. The molecule has 0 atom stereocenters. The molecule has 23 heavy (non-hydrogen) atoms. The van der Waals surface area contributed by atoms with Crippen molar-refractivity contribution in [3.8, 4) is 5.75 Å². The number of esters is 1. The van der Waals surface area contributed by atoms with E-state index in [0.717, 1.165) is 18.7 Å². The van der Waals surface area contributed by atoms with Crippen LogP contribution in [0.1, 0.15) is 12.5 Å². The fraction of sp³-hybridized carbons (Fsp3) is 0.176. The summed E-state index contributed by atoms with van der Waals surface area (Å²) in [5, 5.41) is 0. The van der Waals surface area contributed by atoms with Crippen LogP contribution in [0.25, 0.3) is 11.1 Å². The smallest absolute Gasteiger partial charge is 0.308 e. The summed E-state index contributed by atoms with van der Waals surface area (Å²) in [6.45, 7) is 1.95. The van der Waals surface area contributed by atoms with E-state index in [1.165, 1.54) is 18.6 Å². The predicted molar refractivity (Wildman–Crippen MR) is 82.4 cm³/mol. The fourth-order valence-corrected chi connectivity index (χ4v) is 2.82. The van der Waals surface area contributed by atoms with Crippen molar-refractivity contribution in [2.24, 2.45) is 0 Å². The number of aromatic nitrogens is 1. The van der Waals surface area contributed by atoms with Gasteiger partial charge in [-0.2, -0.15) is 9.37 Å². The Bertz CT molecular complexity index is 919. The van der Waals surface area contributed by atoms with Crippen molar-refractivity contribution < 1.29 is 18.3 Å². The van der Waals surface area contributed by atoms with Gasteiger partial charge in [0.25, 0.3) is 0 Å². The van der Waals surface area contributed by atoms with Crippen molar-refractivity contribution in [2.75, 3.05) is 11.4 Å². The lowest BCUT2D eigenvalue weighted by Crippen LogP contribution is -2.13. The van der Waals surface area contributed by atoms with E-state index in [1.54, 1.807) is 6.07 Å². The van der Waals surface area contributed by atoms with Crippen molar-refractivity contribution in [1.29, 1.82) is 0 Å². The normalized spacial score (nSPS) is 13.4. The van der Waals surface area contributed by atoms with Gasteiger partial charge in [0.2, 0.25) is 5.82 Å². The highest BCUT2D eigenvalue weighted by Crippen LogP contribution is 2.37. The predicted octanol–water partition coefficient (Wildman–Crippen LogP) is 3.59. The van der Waals surface area contributed by atoms with Crippen LogP contribution in [0.15, 0.2) is 40.8 Å². The number of hydrogen-bond acceptors (Lipinski definition) is 5. The highest BCUT2D eigenvalue weighted by molar-refractivity contribution is 5.80. The second-order valence-corrected chi connectivity index (χ2v) is 5.35. The molecular formula is C17H13FN2O3. The highest BCUT2D eigenvalue weighted by atomic mass is 19.1. The number of para-hydroxylation sites is 1. The minimum Gasteiger partial charge on any atom is -0.423 e. The van der Waals surface area contributed by atoms with Gasteiger partial charge in [-0.05, 0) is 30.2 Å². The molecule has 1 aliphatic heterocycles. The summed E-state index contributed by atoms with van der Waals surface area (Å²) in [6, 6.07) is 11.3. The summed E-state index contributed by atoms with van der Waals surface area (Å²) < 4.78 is 24.8. The van der Waals surface area contributed by atoms with Crippen LogP contribution in [-0.2, 0) is 11.2 Å². The van der Waals surface area contributed by atoms with Gasteiger partial charge in [-0.1, -0.05) is 18.2 Å². The molecule has 0 unspecified atom stereocenters. The summed E-state index contributed by atoms with van der Waals surface area (Å²) >= 11 is 0. The Labute approximate surface area is 131 Å². The van der Waals surface area contributed by atoms with Crippen LogP contribution in [0.5, 0.6) is 5.75 Å². The quantitative estimate of drug-likeness (QED) is 0.535. The van der Waals surface area contributed by atoms with E-state index in [2.05, 4.69) is 11.1 Å². The van der Waals surface area contributed by atoms with Crippen LogP contribution in [0.4, 0.5) is 16.1 Å². The molecule has 2 aromatic carbocycles. The second kappa shape index (κ2) is 5.08. The maximum atomic E-state index is 14.4. The van der Waals surface area contributed by atoms with Gasteiger partial charge in [0.05, 0.1) is 0 Å². The highest BCUT2D eigenvalue weighted by Gasteiger charge is 2.25. The van der Waals surface area contributed by atoms with Gasteiger partial charge in [0, 0.05) is 19.2 Å². The van der Waals surface area contributed by atoms with Crippen LogP contribution in [0, 0.1) is 5.82 Å². The molecular weight excluding hydrogens is 299 g/mol. The first kappa shape index (κ1) is 13.8. The van der Waals surface area contributed by atoms with E-state index in [0.29, 0.717) is 11.5 Å². The average Bonchev–Trinajstić information content (AvgIpc) is 3.13. The lowest BCUT2D eigenvalue weighted by Gasteiger charge is -2.13. The number of carbonyl (C=O) groups is 1. The number of oxazole rings is 1. The van der Waals surface area contributed by atoms with Crippen molar-refractivity contribution in [3.05, 3.63) is 47.8 Å². The third-order valence-electron chi connectivity index (χ3n) is 3.82. The van der Waals surface area contributed by atoms with Crippen molar-refractivity contribution in [2.45, 2.75) is 13.3 Å². The monoisotopic (exact) mass is 312 g/mol. The number of halogens is 1. The van der Waals surface area contributed by atoms with Crippen LogP contribution < -0.4 is 9.64 Å². The van der Waals surface area contributed by atoms with Gasteiger partial charge in [-0.3, -0.25) is 9.69 Å². The van der Waals surface area contributed by atoms with Crippen LogP contribution >= 0.6 is 0 Å². The second-order valence-electron chi connectivity index (χ2n) is 5.35. The van der Waals surface area contributed by atoms with Crippen molar-refractivity contribution in [1.82, 2.24) is 4.98 Å². The van der Waals surface area contributed by atoms with E-state index in [1.807, 2.05) is 23.1 Å². The zero-order chi connectivity index (χ0) is 16.0. The molecule has 1 aliphatic rings. The van der Waals surface area contributed by atoms with E-state index < -0.39 is 11.8 Å². The van der Waals surface area contributed by atoms with Gasteiger partial charge in [0.15, 0.2) is 11.3 Å².